The normalized spacial score (nSPS) is 13.3. The Morgan fingerprint density at radius 1 is 0.879 bits per heavy atom. The van der Waals surface area contributed by atoms with E-state index in [9.17, 15) is 9.59 Å². The van der Waals surface area contributed by atoms with Crippen LogP contribution in [0, 0.1) is 0 Å². The number of ether oxygens (including phenoxy) is 3. The highest BCUT2D eigenvalue weighted by atomic mass is 16.7. The molecule has 33 heavy (non-hydrogen) atoms. The Kier molecular flexibility index (Phi) is 5.47. The summed E-state index contributed by atoms with van der Waals surface area (Å²) >= 11 is 0. The summed E-state index contributed by atoms with van der Waals surface area (Å²) in [6.45, 7) is 0.592. The smallest absolute Gasteiger partial charge is 0.272 e. The molecule has 0 bridgehead atoms. The van der Waals surface area contributed by atoms with Gasteiger partial charge in [-0.2, -0.15) is 0 Å². The number of aromatic amines is 2. The first-order valence-electron chi connectivity index (χ1n) is 10.2. The molecule has 5 rings (SSSR count). The molecule has 0 atom stereocenters. The largest absolute Gasteiger partial charge is 0.487 e. The van der Waals surface area contributed by atoms with Crippen LogP contribution in [0.1, 0.15) is 16.8 Å². The fraction of sp³-hybridized carbons (Fsp3) is 0.0800. The Balaban J connectivity index is 1.37. The van der Waals surface area contributed by atoms with Gasteiger partial charge in [-0.15, -0.1) is 0 Å². The molecule has 8 heteroatoms. The van der Waals surface area contributed by atoms with Crippen molar-refractivity contribution in [1.82, 2.24) is 15.0 Å². The third-order valence-electron chi connectivity index (χ3n) is 4.99. The molecule has 0 aliphatic carbocycles. The molecule has 2 aromatic heterocycles. The Bertz CT molecular complexity index is 1520. The van der Waals surface area contributed by atoms with E-state index in [1.54, 1.807) is 42.6 Å². The van der Waals surface area contributed by atoms with Crippen LogP contribution in [0.4, 0.5) is 0 Å². The van der Waals surface area contributed by atoms with Crippen LogP contribution in [-0.4, -0.2) is 21.7 Å². The van der Waals surface area contributed by atoms with Gasteiger partial charge in [-0.05, 0) is 47.5 Å². The third kappa shape index (κ3) is 4.69. The van der Waals surface area contributed by atoms with Gasteiger partial charge in [-0.3, -0.25) is 14.6 Å². The number of hydrogen-bond acceptors (Lipinski definition) is 6. The van der Waals surface area contributed by atoms with E-state index in [-0.39, 0.29) is 17.5 Å². The van der Waals surface area contributed by atoms with Crippen LogP contribution in [0.15, 0.2) is 76.4 Å². The number of nitrogens with one attached hydrogen (secondary N) is 2. The molecule has 0 fully saturated rings. The summed E-state index contributed by atoms with van der Waals surface area (Å²) < 4.78 is 16.3. The van der Waals surface area contributed by atoms with Crippen LogP contribution in [-0.2, 0) is 6.61 Å². The minimum absolute atomic E-state index is 0.105. The van der Waals surface area contributed by atoms with E-state index in [1.165, 1.54) is 6.08 Å². The molecule has 3 heterocycles. The van der Waals surface area contributed by atoms with Crippen molar-refractivity contribution < 1.29 is 14.2 Å². The maximum absolute atomic E-state index is 12.5. The minimum atomic E-state index is -0.437. The molecule has 0 radical (unpaired) electrons. The van der Waals surface area contributed by atoms with Crippen LogP contribution >= 0.6 is 0 Å². The van der Waals surface area contributed by atoms with Crippen molar-refractivity contribution in [3.63, 3.8) is 0 Å². The lowest BCUT2D eigenvalue weighted by Crippen LogP contribution is -2.46. The van der Waals surface area contributed by atoms with Gasteiger partial charge in [-0.25, -0.2) is 0 Å². The molecule has 1 aliphatic rings. The molecule has 2 N–H and O–H groups in total. The van der Waals surface area contributed by atoms with Crippen LogP contribution in [0.25, 0.3) is 12.2 Å². The topological polar surface area (TPSA) is 106 Å². The summed E-state index contributed by atoms with van der Waals surface area (Å²) in [5.41, 5.74) is 1.39. The van der Waals surface area contributed by atoms with E-state index in [1.807, 2.05) is 30.3 Å². The second kappa shape index (κ2) is 8.88. The lowest BCUT2D eigenvalue weighted by molar-refractivity contribution is 0.174. The Morgan fingerprint density at radius 3 is 2.39 bits per heavy atom. The van der Waals surface area contributed by atoms with Crippen molar-refractivity contribution in [3.05, 3.63) is 115 Å². The molecule has 0 saturated carbocycles. The van der Waals surface area contributed by atoms with Crippen molar-refractivity contribution >= 4 is 12.2 Å². The summed E-state index contributed by atoms with van der Waals surface area (Å²) in [6.07, 6.45) is 4.65. The van der Waals surface area contributed by atoms with E-state index >= 15 is 0 Å². The Hall–Kier alpha value is -4.59. The van der Waals surface area contributed by atoms with Gasteiger partial charge in [0.25, 0.3) is 11.1 Å². The maximum atomic E-state index is 12.5. The quantitative estimate of drug-likeness (QED) is 0.485. The number of benzene rings is 2. The van der Waals surface area contributed by atoms with Crippen LogP contribution < -0.4 is 36.0 Å². The van der Waals surface area contributed by atoms with E-state index < -0.39 is 11.1 Å². The van der Waals surface area contributed by atoms with Gasteiger partial charge in [-0.1, -0.05) is 36.4 Å². The molecule has 0 spiro atoms. The first kappa shape index (κ1) is 20.3. The summed E-state index contributed by atoms with van der Waals surface area (Å²) in [4.78, 5) is 34.6. The van der Waals surface area contributed by atoms with Crippen molar-refractivity contribution in [2.45, 2.75) is 6.61 Å². The standard InChI is InChI=1S/C25H19N3O5/c29-24-20(10-17-6-9-22-23(11-17)33-15-32-22)27-25(30)21(28-24)12-18-7-8-19(13-26-18)31-14-16-4-2-1-3-5-16/h1-13H,14-15H2,(H,27,30)(H,28,29). The summed E-state index contributed by atoms with van der Waals surface area (Å²) in [6, 6.07) is 18.5. The Labute approximate surface area is 187 Å². The number of aromatic nitrogens is 3. The van der Waals surface area contributed by atoms with E-state index in [4.69, 9.17) is 14.2 Å². The second-order valence-corrected chi connectivity index (χ2v) is 7.33. The van der Waals surface area contributed by atoms with Crippen LogP contribution in [0.2, 0.25) is 0 Å². The molecule has 0 unspecified atom stereocenters. The van der Waals surface area contributed by atoms with Gasteiger partial charge in [0.1, 0.15) is 23.1 Å². The van der Waals surface area contributed by atoms with Crippen LogP contribution in [0.3, 0.4) is 0 Å². The van der Waals surface area contributed by atoms with E-state index in [0.29, 0.717) is 35.1 Å². The van der Waals surface area contributed by atoms with Crippen LogP contribution in [0.5, 0.6) is 17.2 Å². The van der Waals surface area contributed by atoms with Crippen molar-refractivity contribution in [2.75, 3.05) is 6.79 Å². The number of H-pyrrole nitrogens is 2. The number of fused-ring (bicyclic) bond motifs is 1. The second-order valence-electron chi connectivity index (χ2n) is 7.33. The monoisotopic (exact) mass is 441 g/mol. The molecular formula is C25H19N3O5. The molecule has 164 valence electrons. The average molecular weight is 441 g/mol. The highest BCUT2D eigenvalue weighted by Crippen LogP contribution is 2.32. The first-order chi connectivity index (χ1) is 16.1. The number of hydrogen-bond donors (Lipinski definition) is 2. The molecule has 2 aromatic carbocycles. The van der Waals surface area contributed by atoms with Gasteiger partial charge in [0.2, 0.25) is 6.79 Å². The van der Waals surface area contributed by atoms with Gasteiger partial charge in [0, 0.05) is 0 Å². The number of pyridine rings is 1. The molecule has 4 aromatic rings. The lowest BCUT2D eigenvalue weighted by Gasteiger charge is -2.05. The third-order valence-corrected chi connectivity index (χ3v) is 4.99. The van der Waals surface area contributed by atoms with Gasteiger partial charge >= 0.3 is 0 Å². The first-order valence-corrected chi connectivity index (χ1v) is 10.2. The lowest BCUT2D eigenvalue weighted by atomic mass is 10.2. The molecule has 0 amide bonds. The van der Waals surface area contributed by atoms with Crippen molar-refractivity contribution in [3.8, 4) is 17.2 Å². The molecule has 0 saturated heterocycles. The maximum Gasteiger partial charge on any atom is 0.272 e. The van der Waals surface area contributed by atoms with Crippen molar-refractivity contribution in [1.29, 1.82) is 0 Å². The fourth-order valence-corrected chi connectivity index (χ4v) is 3.32. The highest BCUT2D eigenvalue weighted by molar-refractivity contribution is 5.55. The molecule has 1 aliphatic heterocycles. The predicted octanol–water partition coefficient (Wildman–Crippen LogP) is 1.42. The SMILES string of the molecule is O=c1[nH]c(=Cc2ccc(OCc3ccccc3)cn2)c(=O)[nH]c1=Cc1ccc2c(c1)OCO2. The summed E-state index contributed by atoms with van der Waals surface area (Å²) in [5, 5.41) is 0.238. The Morgan fingerprint density at radius 2 is 1.64 bits per heavy atom. The predicted molar refractivity (Wildman–Crippen MR) is 122 cm³/mol. The van der Waals surface area contributed by atoms with E-state index in [2.05, 4.69) is 15.0 Å². The fourth-order valence-electron chi connectivity index (χ4n) is 3.32. The van der Waals surface area contributed by atoms with Gasteiger partial charge < -0.3 is 24.2 Å². The average Bonchev–Trinajstić information content (AvgIpc) is 3.30. The summed E-state index contributed by atoms with van der Waals surface area (Å²) in [5.74, 6) is 1.84. The zero-order valence-electron chi connectivity index (χ0n) is 17.4. The minimum Gasteiger partial charge on any atom is -0.487 e. The van der Waals surface area contributed by atoms with Crippen molar-refractivity contribution in [2.24, 2.45) is 0 Å². The number of nitrogens with zero attached hydrogens (tertiary/aromatic N) is 1. The molecule has 8 nitrogen and oxygen atoms in total. The zero-order valence-corrected chi connectivity index (χ0v) is 17.4. The molecular weight excluding hydrogens is 422 g/mol. The number of rotatable bonds is 5. The zero-order chi connectivity index (χ0) is 22.6. The highest BCUT2D eigenvalue weighted by Gasteiger charge is 2.12. The van der Waals surface area contributed by atoms with E-state index in [0.717, 1.165) is 5.56 Å². The van der Waals surface area contributed by atoms with Gasteiger partial charge in [0.15, 0.2) is 11.5 Å². The van der Waals surface area contributed by atoms with Gasteiger partial charge in [0.05, 0.1) is 11.9 Å². The summed E-state index contributed by atoms with van der Waals surface area (Å²) in [7, 11) is 0.